The summed E-state index contributed by atoms with van der Waals surface area (Å²) in [4.78, 5) is 9.98. The molecule has 0 amide bonds. The molecule has 5 nitrogen and oxygen atoms in total. The predicted octanol–water partition coefficient (Wildman–Crippen LogP) is 2.17. The SMILES string of the molecule is C=CC.CCCOC(C)=O.CCOCC.OCCO. The molecule has 0 atom stereocenters. The molecule has 0 unspecified atom stereocenters. The van der Waals surface area contributed by atoms with Gasteiger partial charge in [0, 0.05) is 20.1 Å². The Hall–Kier alpha value is -0.910. The van der Waals surface area contributed by atoms with Crippen molar-refractivity contribution >= 4 is 5.97 Å². The van der Waals surface area contributed by atoms with Gasteiger partial charge in [-0.05, 0) is 27.2 Å². The lowest BCUT2D eigenvalue weighted by Crippen LogP contribution is -1.98. The topological polar surface area (TPSA) is 76.0 Å². The molecule has 0 bridgehead atoms. The van der Waals surface area contributed by atoms with Gasteiger partial charge in [0.05, 0.1) is 19.8 Å². The van der Waals surface area contributed by atoms with E-state index in [4.69, 9.17) is 14.9 Å². The first-order valence-electron chi connectivity index (χ1n) is 6.51. The van der Waals surface area contributed by atoms with E-state index < -0.39 is 0 Å². The summed E-state index contributed by atoms with van der Waals surface area (Å²) in [5.41, 5.74) is 0. The van der Waals surface area contributed by atoms with Crippen LogP contribution in [0, 0.1) is 0 Å². The summed E-state index contributed by atoms with van der Waals surface area (Å²) in [6.07, 6.45) is 2.65. The summed E-state index contributed by atoms with van der Waals surface area (Å²) in [5.74, 6) is -0.193. The molecule has 2 N–H and O–H groups in total. The van der Waals surface area contributed by atoms with Crippen molar-refractivity contribution in [3.05, 3.63) is 12.7 Å². The van der Waals surface area contributed by atoms with E-state index >= 15 is 0 Å². The number of aliphatic hydroxyl groups is 2. The number of hydrogen-bond donors (Lipinski definition) is 2. The van der Waals surface area contributed by atoms with E-state index in [9.17, 15) is 4.79 Å². The normalized spacial score (nSPS) is 7.53. The van der Waals surface area contributed by atoms with Crippen LogP contribution in [0.5, 0.6) is 0 Å². The number of hydrogen-bond acceptors (Lipinski definition) is 5. The van der Waals surface area contributed by atoms with Gasteiger partial charge in [-0.1, -0.05) is 13.0 Å². The Balaban J connectivity index is -0.0000000833. The van der Waals surface area contributed by atoms with Crippen LogP contribution < -0.4 is 0 Å². The molecule has 0 radical (unpaired) electrons. The Kier molecular flexibility index (Phi) is 50.4. The lowest BCUT2D eigenvalue weighted by Gasteiger charge is -1.93. The van der Waals surface area contributed by atoms with Crippen LogP contribution in [0.15, 0.2) is 12.7 Å². The summed E-state index contributed by atoms with van der Waals surface area (Å²) in [7, 11) is 0. The maximum atomic E-state index is 9.98. The third-order valence-electron chi connectivity index (χ3n) is 1.02. The number of allylic oxidation sites excluding steroid dienone is 1. The van der Waals surface area contributed by atoms with Crippen molar-refractivity contribution in [2.24, 2.45) is 0 Å². The Morgan fingerprint density at radius 2 is 1.53 bits per heavy atom. The van der Waals surface area contributed by atoms with Crippen LogP contribution >= 0.6 is 0 Å². The number of ether oxygens (including phenoxy) is 2. The fraction of sp³-hybridized carbons (Fsp3) is 0.786. The fourth-order valence-corrected chi connectivity index (χ4v) is 0.450. The minimum Gasteiger partial charge on any atom is -0.466 e. The van der Waals surface area contributed by atoms with Crippen molar-refractivity contribution in [1.82, 2.24) is 0 Å². The standard InChI is InChI=1S/C5H10O2.C4H10O.C3H6.C2H6O2/c1-3-4-7-5(2)6;1-3-5-4-2;1-3-2;3-1-2-4/h3-4H2,1-2H3;3-4H2,1-2H3;3H,1H2,2H3;3-4H,1-2H2. The highest BCUT2D eigenvalue weighted by Crippen LogP contribution is 1.78. The first kappa shape index (κ1) is 26.6. The number of carbonyl (C=O) groups excluding carboxylic acids is 1. The Morgan fingerprint density at radius 1 is 1.16 bits per heavy atom. The second-order valence-corrected chi connectivity index (χ2v) is 2.98. The van der Waals surface area contributed by atoms with Gasteiger partial charge in [-0.25, -0.2) is 0 Å². The van der Waals surface area contributed by atoms with Crippen LogP contribution in [-0.2, 0) is 14.3 Å². The lowest BCUT2D eigenvalue weighted by atomic mass is 10.5. The van der Waals surface area contributed by atoms with Gasteiger partial charge >= 0.3 is 5.97 Å². The molecule has 0 saturated carbocycles. The first-order chi connectivity index (χ1) is 9.01. The molecule has 0 aliphatic carbocycles. The highest BCUT2D eigenvalue weighted by atomic mass is 16.5. The minimum atomic E-state index is -0.193. The molecule has 5 heteroatoms. The predicted molar refractivity (Wildman–Crippen MR) is 79.1 cm³/mol. The van der Waals surface area contributed by atoms with E-state index in [1.54, 1.807) is 6.08 Å². The minimum absolute atomic E-state index is 0.125. The number of aliphatic hydroxyl groups excluding tert-OH is 2. The van der Waals surface area contributed by atoms with Crippen LogP contribution in [0.3, 0.4) is 0 Å². The van der Waals surface area contributed by atoms with Gasteiger partial charge < -0.3 is 19.7 Å². The first-order valence-corrected chi connectivity index (χ1v) is 6.51. The molecule has 118 valence electrons. The van der Waals surface area contributed by atoms with E-state index in [1.807, 2.05) is 27.7 Å². The molecule has 0 heterocycles. The molecular weight excluding hydrogens is 248 g/mol. The third-order valence-corrected chi connectivity index (χ3v) is 1.02. The van der Waals surface area contributed by atoms with E-state index in [2.05, 4.69) is 11.3 Å². The molecule has 0 aliphatic rings. The second kappa shape index (κ2) is 36.0. The molecule has 0 rings (SSSR count). The van der Waals surface area contributed by atoms with Crippen LogP contribution in [-0.4, -0.2) is 49.2 Å². The van der Waals surface area contributed by atoms with Crippen LogP contribution in [0.2, 0.25) is 0 Å². The van der Waals surface area contributed by atoms with Gasteiger partial charge in [0.25, 0.3) is 0 Å². The van der Waals surface area contributed by atoms with E-state index in [0.29, 0.717) is 6.61 Å². The van der Waals surface area contributed by atoms with Crippen LogP contribution in [0.4, 0.5) is 0 Å². The number of rotatable bonds is 5. The summed E-state index contributed by atoms with van der Waals surface area (Å²) in [6.45, 7) is 14.6. The number of carbonyl (C=O) groups is 1. The van der Waals surface area contributed by atoms with Crippen LogP contribution in [0.25, 0.3) is 0 Å². The van der Waals surface area contributed by atoms with Gasteiger partial charge in [0.1, 0.15) is 0 Å². The zero-order chi connectivity index (χ0) is 15.9. The van der Waals surface area contributed by atoms with Crippen LogP contribution in [0.1, 0.15) is 41.0 Å². The quantitative estimate of drug-likeness (QED) is 0.596. The summed E-state index contributed by atoms with van der Waals surface area (Å²) >= 11 is 0. The molecule has 0 aromatic carbocycles. The van der Waals surface area contributed by atoms with Gasteiger partial charge in [-0.2, -0.15) is 0 Å². The molecule has 0 aliphatic heterocycles. The summed E-state index contributed by atoms with van der Waals surface area (Å²) in [6, 6.07) is 0. The Morgan fingerprint density at radius 3 is 1.58 bits per heavy atom. The number of esters is 1. The van der Waals surface area contributed by atoms with Crippen molar-refractivity contribution in [2.45, 2.75) is 41.0 Å². The van der Waals surface area contributed by atoms with E-state index in [-0.39, 0.29) is 19.2 Å². The zero-order valence-electron chi connectivity index (χ0n) is 13.1. The molecular formula is C14H32O5. The highest BCUT2D eigenvalue weighted by Gasteiger charge is 1.85. The maximum Gasteiger partial charge on any atom is 0.302 e. The van der Waals surface area contributed by atoms with Crippen molar-refractivity contribution < 1.29 is 24.5 Å². The van der Waals surface area contributed by atoms with E-state index in [0.717, 1.165) is 19.6 Å². The van der Waals surface area contributed by atoms with Crippen molar-refractivity contribution in [3.8, 4) is 0 Å². The van der Waals surface area contributed by atoms with Crippen molar-refractivity contribution in [3.63, 3.8) is 0 Å². The maximum absolute atomic E-state index is 9.98. The molecule has 0 saturated heterocycles. The van der Waals surface area contributed by atoms with Gasteiger partial charge in [-0.3, -0.25) is 4.79 Å². The smallest absolute Gasteiger partial charge is 0.302 e. The monoisotopic (exact) mass is 280 g/mol. The molecule has 0 spiro atoms. The zero-order valence-corrected chi connectivity index (χ0v) is 13.1. The highest BCUT2D eigenvalue weighted by molar-refractivity contribution is 5.65. The summed E-state index contributed by atoms with van der Waals surface area (Å²) < 4.78 is 9.39. The van der Waals surface area contributed by atoms with Crippen molar-refractivity contribution in [2.75, 3.05) is 33.0 Å². The fourth-order valence-electron chi connectivity index (χ4n) is 0.450. The van der Waals surface area contributed by atoms with E-state index in [1.165, 1.54) is 6.92 Å². The molecule has 0 aromatic rings. The largest absolute Gasteiger partial charge is 0.466 e. The van der Waals surface area contributed by atoms with Gasteiger partial charge in [0.15, 0.2) is 0 Å². The molecule has 0 fully saturated rings. The average Bonchev–Trinajstić information content (AvgIpc) is 2.39. The molecule has 0 aromatic heterocycles. The lowest BCUT2D eigenvalue weighted by molar-refractivity contribution is -0.140. The Bertz CT molecular complexity index is 145. The Labute approximate surface area is 118 Å². The van der Waals surface area contributed by atoms with Gasteiger partial charge in [0.2, 0.25) is 0 Å². The van der Waals surface area contributed by atoms with Gasteiger partial charge in [-0.15, -0.1) is 6.58 Å². The second-order valence-electron chi connectivity index (χ2n) is 2.98. The average molecular weight is 280 g/mol. The van der Waals surface area contributed by atoms with Crippen molar-refractivity contribution in [1.29, 1.82) is 0 Å². The molecule has 19 heavy (non-hydrogen) atoms. The summed E-state index contributed by atoms with van der Waals surface area (Å²) in [5, 5.41) is 15.2. The third kappa shape index (κ3) is 105.